The van der Waals surface area contributed by atoms with E-state index < -0.39 is 23.4 Å². The summed E-state index contributed by atoms with van der Waals surface area (Å²) >= 11 is 0. The number of H-pyrrole nitrogens is 1. The maximum Gasteiger partial charge on any atom is 0.419 e. The zero-order valence-electron chi connectivity index (χ0n) is 23.8. The number of amides is 1. The summed E-state index contributed by atoms with van der Waals surface area (Å²) in [5.74, 6) is 0.832. The molecule has 1 saturated heterocycles. The van der Waals surface area contributed by atoms with Crippen molar-refractivity contribution < 1.29 is 27.2 Å². The van der Waals surface area contributed by atoms with Crippen LogP contribution in [0.1, 0.15) is 51.1 Å². The second kappa shape index (κ2) is 10.4. The van der Waals surface area contributed by atoms with Crippen LogP contribution in [0.5, 0.6) is 0 Å². The first kappa shape index (κ1) is 28.4. The predicted octanol–water partition coefficient (Wildman–Crippen LogP) is 6.97. The highest BCUT2D eigenvalue weighted by Gasteiger charge is 2.37. The number of nitrogens with zero attached hydrogens (tertiary/aromatic N) is 4. The molecule has 4 aromatic rings. The van der Waals surface area contributed by atoms with Crippen molar-refractivity contribution in [3.8, 4) is 22.4 Å². The van der Waals surface area contributed by atoms with Crippen molar-refractivity contribution in [2.24, 2.45) is 5.92 Å². The first-order valence-electron chi connectivity index (χ1n) is 13.4. The molecule has 0 unspecified atom stereocenters. The van der Waals surface area contributed by atoms with Crippen molar-refractivity contribution in [1.82, 2.24) is 25.0 Å². The molecule has 1 aromatic carbocycles. The SMILES string of the molecule is Cc1noc(C)c1-c1ccc2c(-c3nc(N[C@@H]4CN(C(=O)OC(C)(C)C)CC[C@@H]4C)ncc3C(F)(F)F)c[nH]c2c1. The summed E-state index contributed by atoms with van der Waals surface area (Å²) < 4.78 is 53.1. The van der Waals surface area contributed by atoms with Gasteiger partial charge in [0, 0.05) is 53.6 Å². The fourth-order valence-corrected chi connectivity index (χ4v) is 5.15. The molecule has 12 heteroatoms. The topological polar surface area (TPSA) is 109 Å². The lowest BCUT2D eigenvalue weighted by molar-refractivity contribution is -0.137. The number of hydrogen-bond acceptors (Lipinski definition) is 7. The van der Waals surface area contributed by atoms with Gasteiger partial charge in [-0.25, -0.2) is 14.8 Å². The number of likely N-dealkylation sites (tertiary alicyclic amines) is 1. The molecule has 3 aromatic heterocycles. The van der Waals surface area contributed by atoms with Gasteiger partial charge in [-0.2, -0.15) is 13.2 Å². The van der Waals surface area contributed by atoms with Gasteiger partial charge < -0.3 is 24.5 Å². The van der Waals surface area contributed by atoms with E-state index in [2.05, 4.69) is 25.4 Å². The van der Waals surface area contributed by atoms with E-state index >= 15 is 0 Å². The molecular formula is C29H33F3N6O3. The second-order valence-electron chi connectivity index (χ2n) is 11.6. The van der Waals surface area contributed by atoms with Gasteiger partial charge in [0.2, 0.25) is 5.95 Å². The summed E-state index contributed by atoms with van der Waals surface area (Å²) in [4.78, 5) is 25.7. The average molecular weight is 571 g/mol. The minimum atomic E-state index is -4.67. The maximum atomic E-state index is 14.1. The molecule has 4 heterocycles. The Labute approximate surface area is 235 Å². The Morgan fingerprint density at radius 1 is 1.22 bits per heavy atom. The van der Waals surface area contributed by atoms with Crippen LogP contribution in [0, 0.1) is 19.8 Å². The number of aromatic nitrogens is 4. The molecule has 9 nitrogen and oxygen atoms in total. The van der Waals surface area contributed by atoms with Crippen LogP contribution in [0.3, 0.4) is 0 Å². The summed E-state index contributed by atoms with van der Waals surface area (Å²) in [6, 6.07) is 5.17. The first-order valence-corrected chi connectivity index (χ1v) is 13.4. The third-order valence-corrected chi connectivity index (χ3v) is 7.28. The van der Waals surface area contributed by atoms with Crippen LogP contribution in [0.25, 0.3) is 33.3 Å². The van der Waals surface area contributed by atoms with E-state index in [4.69, 9.17) is 9.26 Å². The number of halogens is 3. The van der Waals surface area contributed by atoms with Gasteiger partial charge in [0.05, 0.1) is 11.4 Å². The summed E-state index contributed by atoms with van der Waals surface area (Å²) in [6.45, 7) is 11.9. The van der Waals surface area contributed by atoms with E-state index in [9.17, 15) is 18.0 Å². The molecule has 0 spiro atoms. The molecule has 1 fully saturated rings. The number of piperidine rings is 1. The number of carbonyl (C=O) groups is 1. The molecule has 1 aliphatic rings. The number of anilines is 1. The average Bonchev–Trinajstić information content (AvgIpc) is 3.45. The molecule has 2 atom stereocenters. The third kappa shape index (κ3) is 5.86. The monoisotopic (exact) mass is 570 g/mol. The van der Waals surface area contributed by atoms with Crippen LogP contribution >= 0.6 is 0 Å². The third-order valence-electron chi connectivity index (χ3n) is 7.28. The summed E-state index contributed by atoms with van der Waals surface area (Å²) in [6.07, 6.45) is -2.07. The van der Waals surface area contributed by atoms with Crippen LogP contribution in [0.15, 0.2) is 35.1 Å². The highest BCUT2D eigenvalue weighted by Crippen LogP contribution is 2.40. The Morgan fingerprint density at radius 3 is 2.63 bits per heavy atom. The molecule has 0 saturated carbocycles. The van der Waals surface area contributed by atoms with Crippen LogP contribution < -0.4 is 5.32 Å². The summed E-state index contributed by atoms with van der Waals surface area (Å²) in [5, 5.41) is 7.76. The second-order valence-corrected chi connectivity index (χ2v) is 11.6. The van der Waals surface area contributed by atoms with E-state index in [0.29, 0.717) is 41.7 Å². The van der Waals surface area contributed by atoms with Gasteiger partial charge in [0.25, 0.3) is 0 Å². The molecule has 41 heavy (non-hydrogen) atoms. The molecule has 0 radical (unpaired) electrons. The zero-order chi connectivity index (χ0) is 29.7. The lowest BCUT2D eigenvalue weighted by Gasteiger charge is -2.38. The number of hydrogen-bond donors (Lipinski definition) is 2. The van der Waals surface area contributed by atoms with Crippen LogP contribution in [-0.4, -0.2) is 55.8 Å². The Kier molecular flexibility index (Phi) is 7.20. The largest absolute Gasteiger partial charge is 0.444 e. The molecule has 218 valence electrons. The number of alkyl halides is 3. The Balaban J connectivity index is 1.48. The molecule has 1 amide bonds. The van der Waals surface area contributed by atoms with E-state index in [1.165, 1.54) is 6.20 Å². The van der Waals surface area contributed by atoms with Crippen LogP contribution in [0.4, 0.5) is 23.9 Å². The maximum absolute atomic E-state index is 14.1. The van der Waals surface area contributed by atoms with Gasteiger partial charge in [-0.3, -0.25) is 0 Å². The van der Waals surface area contributed by atoms with Gasteiger partial charge in [-0.1, -0.05) is 24.2 Å². The number of fused-ring (bicyclic) bond motifs is 1. The van der Waals surface area contributed by atoms with Crippen molar-refractivity contribution in [3.63, 3.8) is 0 Å². The lowest BCUT2D eigenvalue weighted by Crippen LogP contribution is -2.50. The summed E-state index contributed by atoms with van der Waals surface area (Å²) in [5.41, 5.74) is 1.54. The van der Waals surface area contributed by atoms with E-state index in [1.807, 2.05) is 32.9 Å². The standard InChI is InChI=1S/C29H33F3N6O3/c1-15-9-10-38(27(39)40-28(4,5)6)14-23(15)35-26-34-13-21(29(30,31)32)25(36-26)20-12-33-22-11-18(7-8-19(20)22)24-16(2)37-41-17(24)3/h7-8,11-13,15,23,33H,9-10,14H2,1-6H3,(H,34,35,36)/t15-,23+/m0/s1. The van der Waals surface area contributed by atoms with Gasteiger partial charge in [0.1, 0.15) is 16.9 Å². The Bertz CT molecular complexity index is 1570. The minimum absolute atomic E-state index is 0.0533. The number of aromatic amines is 1. The first-order chi connectivity index (χ1) is 19.2. The Morgan fingerprint density at radius 2 is 1.98 bits per heavy atom. The molecular weight excluding hydrogens is 537 g/mol. The molecule has 0 bridgehead atoms. The quantitative estimate of drug-likeness (QED) is 0.273. The fourth-order valence-electron chi connectivity index (χ4n) is 5.15. The van der Waals surface area contributed by atoms with Gasteiger partial charge in [-0.15, -0.1) is 0 Å². The van der Waals surface area contributed by atoms with Gasteiger partial charge in [0.15, 0.2) is 0 Å². The van der Waals surface area contributed by atoms with Crippen molar-refractivity contribution in [2.45, 2.75) is 65.8 Å². The van der Waals surface area contributed by atoms with Crippen molar-refractivity contribution >= 4 is 22.9 Å². The highest BCUT2D eigenvalue weighted by atomic mass is 19.4. The van der Waals surface area contributed by atoms with E-state index in [0.717, 1.165) is 23.0 Å². The normalized spacial score (nSPS) is 18.1. The smallest absolute Gasteiger partial charge is 0.419 e. The van der Waals surface area contributed by atoms with Gasteiger partial charge in [-0.05, 0) is 58.6 Å². The summed E-state index contributed by atoms with van der Waals surface area (Å²) in [7, 11) is 0. The molecule has 2 N–H and O–H groups in total. The minimum Gasteiger partial charge on any atom is -0.444 e. The fraction of sp³-hybridized carbons (Fsp3) is 0.448. The predicted molar refractivity (Wildman–Crippen MR) is 148 cm³/mol. The van der Waals surface area contributed by atoms with Crippen molar-refractivity contribution in [2.75, 3.05) is 18.4 Å². The van der Waals surface area contributed by atoms with E-state index in [-0.39, 0.29) is 23.6 Å². The number of nitrogens with one attached hydrogen (secondary N) is 2. The van der Waals surface area contributed by atoms with Crippen LogP contribution in [0.2, 0.25) is 0 Å². The number of rotatable bonds is 4. The van der Waals surface area contributed by atoms with Gasteiger partial charge >= 0.3 is 12.3 Å². The Hall–Kier alpha value is -4.09. The molecule has 1 aliphatic heterocycles. The number of aryl methyl sites for hydroxylation is 2. The molecule has 5 rings (SSSR count). The van der Waals surface area contributed by atoms with Crippen molar-refractivity contribution in [3.05, 3.63) is 47.6 Å². The highest BCUT2D eigenvalue weighted by molar-refractivity contribution is 5.97. The molecule has 0 aliphatic carbocycles. The van der Waals surface area contributed by atoms with Crippen molar-refractivity contribution in [1.29, 1.82) is 0 Å². The van der Waals surface area contributed by atoms with E-state index in [1.54, 1.807) is 31.7 Å². The number of carbonyl (C=O) groups excluding carboxylic acids is 1. The number of ether oxygens (including phenoxy) is 1. The lowest BCUT2D eigenvalue weighted by atomic mass is 9.94. The van der Waals surface area contributed by atoms with Crippen LogP contribution in [-0.2, 0) is 10.9 Å². The zero-order valence-corrected chi connectivity index (χ0v) is 23.8. The number of benzene rings is 1.